The zero-order valence-electron chi connectivity index (χ0n) is 12.1. The van der Waals surface area contributed by atoms with Gasteiger partial charge in [-0.25, -0.2) is 0 Å². The van der Waals surface area contributed by atoms with Gasteiger partial charge >= 0.3 is 0 Å². The van der Waals surface area contributed by atoms with E-state index in [0.717, 1.165) is 17.0 Å². The highest BCUT2D eigenvalue weighted by atomic mass is 16.4. The minimum atomic E-state index is -1.71. The Morgan fingerprint density at radius 3 is 2.61 bits per heavy atom. The molecule has 0 amide bonds. The zero-order valence-corrected chi connectivity index (χ0v) is 12.1. The molecule has 2 rings (SSSR count). The summed E-state index contributed by atoms with van der Waals surface area (Å²) in [6.07, 6.45) is -4.00. The molecule has 0 aliphatic carbocycles. The summed E-state index contributed by atoms with van der Waals surface area (Å²) in [5.74, 6) is 0.358. The standard InChI is InChI=1S/C14H18N4O5/c19-7-11(21)13(23)12(22)10(20)6-16-18-14-9-4-2-1-3-8(9)5-15-17-14/h1-6,10-13,19-23H,7H2,(H,17,18)/b16-6-/t10-,11+,12+,13+/m0/s1. The van der Waals surface area contributed by atoms with E-state index < -0.39 is 31.0 Å². The van der Waals surface area contributed by atoms with Crippen LogP contribution in [0.15, 0.2) is 35.6 Å². The van der Waals surface area contributed by atoms with Gasteiger partial charge in [-0.3, -0.25) is 5.43 Å². The molecule has 0 radical (unpaired) electrons. The lowest BCUT2D eigenvalue weighted by molar-refractivity contribution is -0.0999. The van der Waals surface area contributed by atoms with Gasteiger partial charge in [0.25, 0.3) is 0 Å². The molecule has 0 saturated heterocycles. The van der Waals surface area contributed by atoms with E-state index in [2.05, 4.69) is 20.7 Å². The Morgan fingerprint density at radius 2 is 1.87 bits per heavy atom. The summed E-state index contributed by atoms with van der Waals surface area (Å²) in [4.78, 5) is 0. The highest BCUT2D eigenvalue weighted by Gasteiger charge is 2.29. The number of aromatic nitrogens is 2. The van der Waals surface area contributed by atoms with Crippen molar-refractivity contribution in [3.8, 4) is 0 Å². The van der Waals surface area contributed by atoms with Crippen molar-refractivity contribution in [3.63, 3.8) is 0 Å². The van der Waals surface area contributed by atoms with Crippen molar-refractivity contribution < 1.29 is 25.5 Å². The Labute approximate surface area is 131 Å². The van der Waals surface area contributed by atoms with Crippen LogP contribution >= 0.6 is 0 Å². The molecule has 4 atom stereocenters. The minimum absolute atomic E-state index is 0.358. The van der Waals surface area contributed by atoms with Crippen molar-refractivity contribution in [3.05, 3.63) is 30.5 Å². The monoisotopic (exact) mass is 322 g/mol. The van der Waals surface area contributed by atoms with Crippen molar-refractivity contribution >= 4 is 22.8 Å². The molecule has 0 unspecified atom stereocenters. The van der Waals surface area contributed by atoms with Crippen LogP contribution in [0.4, 0.5) is 5.82 Å². The maximum absolute atomic E-state index is 9.70. The molecule has 6 N–H and O–H groups in total. The molecule has 0 aliphatic heterocycles. The van der Waals surface area contributed by atoms with E-state index in [-0.39, 0.29) is 0 Å². The van der Waals surface area contributed by atoms with Crippen LogP contribution in [0.1, 0.15) is 0 Å². The van der Waals surface area contributed by atoms with Crippen LogP contribution in [-0.4, -0.2) is 73.0 Å². The fourth-order valence-corrected chi connectivity index (χ4v) is 1.91. The summed E-state index contributed by atoms with van der Waals surface area (Å²) in [6, 6.07) is 7.34. The van der Waals surface area contributed by atoms with Gasteiger partial charge in [0.2, 0.25) is 0 Å². The molecule has 1 heterocycles. The first-order valence-corrected chi connectivity index (χ1v) is 6.87. The second kappa shape index (κ2) is 7.90. The van der Waals surface area contributed by atoms with Crippen LogP contribution in [0.5, 0.6) is 0 Å². The summed E-state index contributed by atoms with van der Waals surface area (Å²) >= 11 is 0. The van der Waals surface area contributed by atoms with Gasteiger partial charge in [-0.05, 0) is 0 Å². The largest absolute Gasteiger partial charge is 0.394 e. The zero-order chi connectivity index (χ0) is 16.8. The second-order valence-electron chi connectivity index (χ2n) is 4.89. The molecule has 9 heteroatoms. The molecule has 2 aromatic rings. The quantitative estimate of drug-likeness (QED) is 0.265. The molecular formula is C14H18N4O5. The van der Waals surface area contributed by atoms with Crippen molar-refractivity contribution in [1.29, 1.82) is 0 Å². The van der Waals surface area contributed by atoms with Crippen molar-refractivity contribution in [1.82, 2.24) is 10.2 Å². The molecular weight excluding hydrogens is 304 g/mol. The van der Waals surface area contributed by atoms with Gasteiger partial charge < -0.3 is 25.5 Å². The van der Waals surface area contributed by atoms with Crippen molar-refractivity contribution in [2.24, 2.45) is 5.10 Å². The van der Waals surface area contributed by atoms with Gasteiger partial charge in [0, 0.05) is 10.8 Å². The summed E-state index contributed by atoms with van der Waals surface area (Å²) in [5.41, 5.74) is 2.59. The van der Waals surface area contributed by atoms with Crippen LogP contribution in [-0.2, 0) is 0 Å². The smallest absolute Gasteiger partial charge is 0.176 e. The van der Waals surface area contributed by atoms with Crippen LogP contribution in [0.2, 0.25) is 0 Å². The number of nitrogens with zero attached hydrogens (tertiary/aromatic N) is 3. The number of hydrazone groups is 1. The van der Waals surface area contributed by atoms with E-state index in [1.165, 1.54) is 0 Å². The van der Waals surface area contributed by atoms with E-state index >= 15 is 0 Å². The third-order valence-electron chi connectivity index (χ3n) is 3.25. The lowest BCUT2D eigenvalue weighted by Crippen LogP contribution is -2.46. The topological polar surface area (TPSA) is 151 Å². The first-order chi connectivity index (χ1) is 11.0. The molecule has 0 fully saturated rings. The number of benzene rings is 1. The van der Waals surface area contributed by atoms with Crippen LogP contribution in [0.3, 0.4) is 0 Å². The van der Waals surface area contributed by atoms with Crippen molar-refractivity contribution in [2.75, 3.05) is 12.0 Å². The number of hydrogen-bond donors (Lipinski definition) is 6. The summed E-state index contributed by atoms with van der Waals surface area (Å²) in [5, 5.41) is 59.8. The third-order valence-corrected chi connectivity index (χ3v) is 3.25. The predicted molar refractivity (Wildman–Crippen MR) is 82.8 cm³/mol. The lowest BCUT2D eigenvalue weighted by Gasteiger charge is -2.23. The van der Waals surface area contributed by atoms with E-state index in [1.54, 1.807) is 6.20 Å². The normalized spacial score (nSPS) is 17.1. The van der Waals surface area contributed by atoms with E-state index in [4.69, 9.17) is 5.11 Å². The Morgan fingerprint density at radius 1 is 1.13 bits per heavy atom. The summed E-state index contributed by atoms with van der Waals surface area (Å²) < 4.78 is 0. The van der Waals surface area contributed by atoms with E-state index in [9.17, 15) is 20.4 Å². The third kappa shape index (κ3) is 4.18. The fourth-order valence-electron chi connectivity index (χ4n) is 1.91. The van der Waals surface area contributed by atoms with Gasteiger partial charge in [0.15, 0.2) is 5.82 Å². The average molecular weight is 322 g/mol. The maximum atomic E-state index is 9.70. The van der Waals surface area contributed by atoms with Crippen LogP contribution < -0.4 is 5.43 Å². The number of aliphatic hydroxyl groups excluding tert-OH is 5. The number of nitrogens with one attached hydrogen (secondary N) is 1. The highest BCUT2D eigenvalue weighted by Crippen LogP contribution is 2.18. The number of rotatable bonds is 7. The van der Waals surface area contributed by atoms with E-state index in [0.29, 0.717) is 5.82 Å². The molecule has 23 heavy (non-hydrogen) atoms. The molecule has 0 spiro atoms. The Bertz CT molecular complexity index is 663. The summed E-state index contributed by atoms with van der Waals surface area (Å²) in [7, 11) is 0. The number of hydrogen-bond acceptors (Lipinski definition) is 9. The molecule has 1 aromatic heterocycles. The highest BCUT2D eigenvalue weighted by molar-refractivity contribution is 5.90. The fraction of sp³-hybridized carbons (Fsp3) is 0.357. The lowest BCUT2D eigenvalue weighted by atomic mass is 10.0. The van der Waals surface area contributed by atoms with Crippen LogP contribution in [0.25, 0.3) is 10.8 Å². The Hall–Kier alpha value is -2.17. The molecule has 124 valence electrons. The predicted octanol–water partition coefficient (Wildman–Crippen LogP) is -1.54. The Kier molecular flexibility index (Phi) is 5.90. The van der Waals surface area contributed by atoms with E-state index in [1.807, 2.05) is 24.3 Å². The molecule has 0 aliphatic rings. The molecule has 0 saturated carbocycles. The minimum Gasteiger partial charge on any atom is -0.394 e. The molecule has 0 bridgehead atoms. The number of fused-ring (bicyclic) bond motifs is 1. The van der Waals surface area contributed by atoms with Crippen molar-refractivity contribution in [2.45, 2.75) is 24.4 Å². The SMILES string of the molecule is OC[C@@H](O)[C@@H](O)[C@H](O)[C@@H](O)/C=N\Nc1nncc2ccccc12. The average Bonchev–Trinajstić information content (AvgIpc) is 2.59. The first-order valence-electron chi connectivity index (χ1n) is 6.87. The van der Waals surface area contributed by atoms with Gasteiger partial charge in [0.05, 0.1) is 19.0 Å². The summed E-state index contributed by atoms with van der Waals surface area (Å²) in [6.45, 7) is -0.744. The van der Waals surface area contributed by atoms with Gasteiger partial charge in [-0.1, -0.05) is 24.3 Å². The maximum Gasteiger partial charge on any atom is 0.176 e. The molecule has 1 aromatic carbocycles. The second-order valence-corrected chi connectivity index (χ2v) is 4.89. The van der Waals surface area contributed by atoms with Gasteiger partial charge in [-0.15, -0.1) is 5.10 Å². The van der Waals surface area contributed by atoms with Crippen LogP contribution in [0, 0.1) is 0 Å². The number of aliphatic hydroxyl groups is 5. The number of anilines is 1. The van der Waals surface area contributed by atoms with Gasteiger partial charge in [-0.2, -0.15) is 10.2 Å². The first kappa shape index (κ1) is 17.2. The Balaban J connectivity index is 2.03. The van der Waals surface area contributed by atoms with Gasteiger partial charge in [0.1, 0.15) is 24.4 Å². The molecule has 9 nitrogen and oxygen atoms in total.